The second kappa shape index (κ2) is 14.2. The molecule has 1 aliphatic rings. The first-order chi connectivity index (χ1) is 14.6. The Morgan fingerprint density at radius 2 is 1.84 bits per heavy atom. The molecule has 1 aliphatic carbocycles. The highest BCUT2D eigenvalue weighted by molar-refractivity contribution is 5.68. The van der Waals surface area contributed by atoms with Gasteiger partial charge in [0.1, 0.15) is 11.7 Å². The molecular weight excluding hydrogens is 404 g/mol. The number of hydrogen-bond acceptors (Lipinski definition) is 8. The third-order valence-electron chi connectivity index (χ3n) is 5.31. The van der Waals surface area contributed by atoms with Crippen LogP contribution in [0.2, 0.25) is 0 Å². The second-order valence-corrected chi connectivity index (χ2v) is 9.13. The fourth-order valence-electron chi connectivity index (χ4n) is 3.84. The van der Waals surface area contributed by atoms with Gasteiger partial charge in [-0.05, 0) is 40.0 Å². The van der Waals surface area contributed by atoms with E-state index in [1.54, 1.807) is 7.05 Å². The Bertz CT molecular complexity index is 495. The number of aliphatic hydroxyl groups is 1. The summed E-state index contributed by atoms with van der Waals surface area (Å²) in [5, 5.41) is 15.5. The van der Waals surface area contributed by atoms with Gasteiger partial charge in [0, 0.05) is 20.8 Å². The van der Waals surface area contributed by atoms with Crippen LogP contribution < -0.4 is 5.32 Å². The minimum absolute atomic E-state index is 0.181. The van der Waals surface area contributed by atoms with E-state index in [0.29, 0.717) is 18.9 Å². The number of ether oxygens (including phenoxy) is 4. The molecule has 0 saturated heterocycles. The zero-order valence-corrected chi connectivity index (χ0v) is 20.4. The van der Waals surface area contributed by atoms with Gasteiger partial charge < -0.3 is 34.2 Å². The second-order valence-electron chi connectivity index (χ2n) is 9.13. The summed E-state index contributed by atoms with van der Waals surface area (Å²) in [4.78, 5) is 17.8. The van der Waals surface area contributed by atoms with Crippen molar-refractivity contribution in [2.45, 2.75) is 96.5 Å². The summed E-state index contributed by atoms with van der Waals surface area (Å²) in [5.41, 5.74) is -0.634. The Morgan fingerprint density at radius 1 is 1.19 bits per heavy atom. The molecule has 0 aromatic heterocycles. The maximum absolute atomic E-state index is 12.6. The number of carbonyl (C=O) groups is 1. The quantitative estimate of drug-likeness (QED) is 0.328. The van der Waals surface area contributed by atoms with Crippen LogP contribution in [0.25, 0.3) is 0 Å². The fraction of sp³-hybridized carbons (Fsp3) is 0.955. The number of likely N-dealkylation sites (N-methyl/N-ethyl adjacent to an activating group) is 1. The van der Waals surface area contributed by atoms with Crippen molar-refractivity contribution in [1.29, 1.82) is 0 Å². The van der Waals surface area contributed by atoms with Crippen LogP contribution in [0, 0.1) is 5.92 Å². The molecule has 9 heteroatoms. The molecule has 1 fully saturated rings. The maximum atomic E-state index is 12.6. The molecular formula is C22H44N2O7. The van der Waals surface area contributed by atoms with Crippen LogP contribution in [0.1, 0.15) is 66.2 Å². The van der Waals surface area contributed by atoms with Gasteiger partial charge in [-0.1, -0.05) is 32.1 Å². The van der Waals surface area contributed by atoms with Crippen LogP contribution >= 0.6 is 0 Å². The highest BCUT2D eigenvalue weighted by atomic mass is 16.8. The van der Waals surface area contributed by atoms with Gasteiger partial charge in [0.25, 0.3) is 6.48 Å². The molecule has 4 atom stereocenters. The van der Waals surface area contributed by atoms with Crippen molar-refractivity contribution in [3.63, 3.8) is 0 Å². The normalized spacial score (nSPS) is 19.6. The van der Waals surface area contributed by atoms with E-state index in [2.05, 4.69) is 5.32 Å². The molecule has 0 aromatic carbocycles. The Hall–Kier alpha value is -0.970. The largest absolute Gasteiger partial charge is 0.444 e. The average molecular weight is 449 g/mol. The lowest BCUT2D eigenvalue weighted by Crippen LogP contribution is -2.55. The first-order valence-corrected chi connectivity index (χ1v) is 11.3. The van der Waals surface area contributed by atoms with E-state index >= 15 is 0 Å². The molecule has 0 radical (unpaired) electrons. The molecule has 0 aliphatic heterocycles. The first-order valence-electron chi connectivity index (χ1n) is 11.3. The van der Waals surface area contributed by atoms with Gasteiger partial charge in [-0.15, -0.1) is 0 Å². The molecule has 0 heterocycles. The van der Waals surface area contributed by atoms with Crippen molar-refractivity contribution < 1.29 is 33.7 Å². The molecule has 1 saturated carbocycles. The molecule has 0 bridgehead atoms. The van der Waals surface area contributed by atoms with Crippen LogP contribution in [-0.2, 0) is 23.8 Å². The molecule has 184 valence electrons. The Labute approximate surface area is 187 Å². The lowest BCUT2D eigenvalue weighted by Gasteiger charge is -2.37. The van der Waals surface area contributed by atoms with Crippen LogP contribution in [0.4, 0.5) is 4.79 Å². The summed E-state index contributed by atoms with van der Waals surface area (Å²) in [7, 11) is 4.72. The number of hydrogen-bond donors (Lipinski definition) is 2. The Morgan fingerprint density at radius 3 is 2.35 bits per heavy atom. The predicted molar refractivity (Wildman–Crippen MR) is 117 cm³/mol. The van der Waals surface area contributed by atoms with Gasteiger partial charge >= 0.3 is 6.09 Å². The van der Waals surface area contributed by atoms with Gasteiger partial charge in [-0.3, -0.25) is 0 Å². The van der Waals surface area contributed by atoms with E-state index in [-0.39, 0.29) is 6.54 Å². The van der Waals surface area contributed by atoms with Crippen LogP contribution in [0.5, 0.6) is 0 Å². The van der Waals surface area contributed by atoms with E-state index in [1.807, 2.05) is 27.7 Å². The number of amides is 1. The van der Waals surface area contributed by atoms with Crippen LogP contribution in [0.3, 0.4) is 0 Å². The predicted octanol–water partition coefficient (Wildman–Crippen LogP) is 3.06. The van der Waals surface area contributed by atoms with E-state index < -0.39 is 36.4 Å². The topological polar surface area (TPSA) is 98.7 Å². The van der Waals surface area contributed by atoms with Crippen LogP contribution in [-0.4, -0.2) is 81.0 Å². The average Bonchev–Trinajstić information content (AvgIpc) is 2.69. The van der Waals surface area contributed by atoms with E-state index in [9.17, 15) is 9.90 Å². The Balaban J connectivity index is 3.09. The SMILES string of the molecule is CCOC(OC)O[C@H]([C@H](CC1CCCCC1)NC(=O)OC(C)(C)C)[C@@H](O)CN(C)OC. The van der Waals surface area contributed by atoms with Crippen molar-refractivity contribution in [2.24, 2.45) is 5.92 Å². The van der Waals surface area contributed by atoms with Crippen molar-refractivity contribution in [2.75, 3.05) is 34.4 Å². The molecule has 1 amide bonds. The van der Waals surface area contributed by atoms with E-state index in [4.69, 9.17) is 23.8 Å². The molecule has 1 unspecified atom stereocenters. The van der Waals surface area contributed by atoms with Gasteiger partial charge in [0.05, 0.1) is 25.8 Å². The molecule has 2 N–H and O–H groups in total. The zero-order chi connectivity index (χ0) is 23.4. The number of carbonyl (C=O) groups excluding carboxylic acids is 1. The van der Waals surface area contributed by atoms with Crippen molar-refractivity contribution in [3.8, 4) is 0 Å². The minimum atomic E-state index is -0.966. The minimum Gasteiger partial charge on any atom is -0.444 e. The van der Waals surface area contributed by atoms with E-state index in [1.165, 1.54) is 38.5 Å². The number of aliphatic hydroxyl groups excluding tert-OH is 1. The summed E-state index contributed by atoms with van der Waals surface area (Å²) in [6.45, 7) is 6.87. The summed E-state index contributed by atoms with van der Waals surface area (Å²) < 4.78 is 22.3. The number of alkyl carbamates (subject to hydrolysis) is 1. The molecule has 1 rings (SSSR count). The number of methoxy groups -OCH3 is 1. The molecule has 31 heavy (non-hydrogen) atoms. The summed E-state index contributed by atoms with van der Waals surface area (Å²) in [6, 6.07) is -0.490. The van der Waals surface area contributed by atoms with Crippen LogP contribution in [0.15, 0.2) is 0 Å². The van der Waals surface area contributed by atoms with Crippen molar-refractivity contribution in [3.05, 3.63) is 0 Å². The van der Waals surface area contributed by atoms with Gasteiger partial charge in [0.15, 0.2) is 0 Å². The van der Waals surface area contributed by atoms with Crippen molar-refractivity contribution >= 4 is 6.09 Å². The number of nitrogens with zero attached hydrogens (tertiary/aromatic N) is 1. The van der Waals surface area contributed by atoms with Gasteiger partial charge in [-0.2, -0.15) is 5.06 Å². The fourth-order valence-corrected chi connectivity index (χ4v) is 3.84. The standard InChI is InChI=1S/C22H44N2O7/c1-8-29-21(27-6)30-19(18(25)15-24(5)28-7)17(14-16-12-10-9-11-13-16)23-20(26)31-22(2,3)4/h16-19,21,25H,8-15H2,1-7H3,(H,23,26)/t17-,18-,19+,21?/m0/s1. The maximum Gasteiger partial charge on any atom is 0.407 e. The summed E-state index contributed by atoms with van der Waals surface area (Å²) in [6.07, 6.45) is 4.13. The number of nitrogens with one attached hydrogen (secondary N) is 1. The third kappa shape index (κ3) is 11.5. The molecule has 9 nitrogen and oxygen atoms in total. The zero-order valence-electron chi connectivity index (χ0n) is 20.4. The third-order valence-corrected chi connectivity index (χ3v) is 5.31. The van der Waals surface area contributed by atoms with Gasteiger partial charge in [0.2, 0.25) is 0 Å². The lowest BCUT2D eigenvalue weighted by molar-refractivity contribution is -0.308. The molecule has 0 aromatic rings. The number of hydroxylamine groups is 2. The van der Waals surface area contributed by atoms with E-state index in [0.717, 1.165) is 12.8 Å². The monoisotopic (exact) mass is 448 g/mol. The first kappa shape index (κ1) is 28.1. The van der Waals surface area contributed by atoms with Crippen molar-refractivity contribution in [1.82, 2.24) is 10.4 Å². The lowest BCUT2D eigenvalue weighted by atomic mass is 9.83. The highest BCUT2D eigenvalue weighted by Crippen LogP contribution is 2.29. The number of rotatable bonds is 13. The van der Waals surface area contributed by atoms with Gasteiger partial charge in [-0.25, -0.2) is 4.79 Å². The Kier molecular flexibility index (Phi) is 12.9. The summed E-state index contributed by atoms with van der Waals surface area (Å²) >= 11 is 0. The molecule has 0 spiro atoms. The highest BCUT2D eigenvalue weighted by Gasteiger charge is 2.36. The smallest absolute Gasteiger partial charge is 0.407 e. The summed E-state index contributed by atoms with van der Waals surface area (Å²) in [5.74, 6) is 0.431.